The van der Waals surface area contributed by atoms with Crippen LogP contribution in [0.2, 0.25) is 0 Å². The van der Waals surface area contributed by atoms with Crippen molar-refractivity contribution in [1.82, 2.24) is 9.88 Å². The standard InChI is InChI=1S/C22H26FN3O6/c1-6-32-22(31)16(10-27)25-21(30)19(28)18-12(3)17(13(4)26(18)5)20(29)24-14-7-8-15(23)11(2)9-14/h7-9,16,27H,6,10H2,1-5H3,(H,24,29)(H,25,30)/t16-/m1/s1. The first-order valence-electron chi connectivity index (χ1n) is 9.89. The van der Waals surface area contributed by atoms with E-state index in [9.17, 15) is 28.7 Å². The van der Waals surface area contributed by atoms with E-state index >= 15 is 0 Å². The molecule has 0 bridgehead atoms. The number of hydrogen-bond donors (Lipinski definition) is 3. The molecule has 0 saturated heterocycles. The Kier molecular flexibility index (Phi) is 7.87. The number of anilines is 1. The van der Waals surface area contributed by atoms with Crippen molar-refractivity contribution in [3.63, 3.8) is 0 Å². The zero-order valence-corrected chi connectivity index (χ0v) is 18.5. The molecule has 0 aliphatic heterocycles. The number of esters is 1. The molecular formula is C22H26FN3O6. The van der Waals surface area contributed by atoms with Crippen LogP contribution < -0.4 is 10.6 Å². The Morgan fingerprint density at radius 1 is 1.19 bits per heavy atom. The summed E-state index contributed by atoms with van der Waals surface area (Å²) in [6.07, 6.45) is 0. The van der Waals surface area contributed by atoms with Gasteiger partial charge in [-0.05, 0) is 57.0 Å². The molecule has 2 aromatic rings. The fourth-order valence-corrected chi connectivity index (χ4v) is 3.30. The first kappa shape index (κ1) is 24.7. The number of carbonyl (C=O) groups excluding carboxylic acids is 4. The minimum absolute atomic E-state index is 0.0408. The number of rotatable bonds is 8. The van der Waals surface area contributed by atoms with Crippen LogP contribution in [-0.4, -0.2) is 52.5 Å². The maximum atomic E-state index is 13.5. The number of aryl methyl sites for hydroxylation is 1. The third kappa shape index (κ3) is 5.02. The number of aromatic nitrogens is 1. The number of hydrogen-bond acceptors (Lipinski definition) is 6. The van der Waals surface area contributed by atoms with Gasteiger partial charge in [0.25, 0.3) is 17.6 Å². The number of halogens is 1. The third-order valence-corrected chi connectivity index (χ3v) is 5.05. The summed E-state index contributed by atoms with van der Waals surface area (Å²) in [5.74, 6) is -3.90. The fourth-order valence-electron chi connectivity index (χ4n) is 3.30. The topological polar surface area (TPSA) is 127 Å². The molecule has 1 heterocycles. The Morgan fingerprint density at radius 3 is 2.41 bits per heavy atom. The van der Waals surface area contributed by atoms with Gasteiger partial charge in [0.15, 0.2) is 6.04 Å². The van der Waals surface area contributed by atoms with Gasteiger partial charge in [0.05, 0.1) is 24.5 Å². The number of aliphatic hydroxyl groups excluding tert-OH is 1. The molecule has 0 fully saturated rings. The summed E-state index contributed by atoms with van der Waals surface area (Å²) in [6.45, 7) is 5.56. The molecule has 0 aliphatic carbocycles. The van der Waals surface area contributed by atoms with Crippen molar-refractivity contribution in [3.05, 3.63) is 52.1 Å². The van der Waals surface area contributed by atoms with E-state index in [1.54, 1.807) is 20.8 Å². The Labute approximate surface area is 184 Å². The van der Waals surface area contributed by atoms with Crippen molar-refractivity contribution >= 4 is 29.3 Å². The number of aliphatic hydroxyl groups is 1. The molecular weight excluding hydrogens is 421 g/mol. The number of ketones is 1. The van der Waals surface area contributed by atoms with Crippen LogP contribution in [0.15, 0.2) is 18.2 Å². The number of nitrogens with one attached hydrogen (secondary N) is 2. The minimum Gasteiger partial charge on any atom is -0.464 e. The van der Waals surface area contributed by atoms with Gasteiger partial charge < -0.3 is 25.0 Å². The molecule has 0 spiro atoms. The van der Waals surface area contributed by atoms with Gasteiger partial charge in [-0.25, -0.2) is 9.18 Å². The Bertz CT molecular complexity index is 1080. The summed E-state index contributed by atoms with van der Waals surface area (Å²) in [5.41, 5.74) is 1.58. The van der Waals surface area contributed by atoms with Crippen molar-refractivity contribution in [2.45, 2.75) is 33.7 Å². The monoisotopic (exact) mass is 447 g/mol. The lowest BCUT2D eigenvalue weighted by Gasteiger charge is -2.14. The minimum atomic E-state index is -1.39. The van der Waals surface area contributed by atoms with Crippen LogP contribution in [0.1, 0.15) is 44.6 Å². The third-order valence-electron chi connectivity index (χ3n) is 5.05. The van der Waals surface area contributed by atoms with E-state index in [4.69, 9.17) is 4.74 Å². The number of carbonyl (C=O) groups is 4. The maximum absolute atomic E-state index is 13.5. The van der Waals surface area contributed by atoms with Crippen LogP contribution >= 0.6 is 0 Å². The van der Waals surface area contributed by atoms with Crippen LogP contribution in [0, 0.1) is 26.6 Å². The van der Waals surface area contributed by atoms with Crippen LogP contribution in [0.3, 0.4) is 0 Å². The van der Waals surface area contributed by atoms with Gasteiger partial charge in [0.2, 0.25) is 0 Å². The molecule has 2 amide bonds. The van der Waals surface area contributed by atoms with E-state index in [1.165, 1.54) is 36.7 Å². The van der Waals surface area contributed by atoms with Crippen molar-refractivity contribution in [1.29, 1.82) is 0 Å². The summed E-state index contributed by atoms with van der Waals surface area (Å²) < 4.78 is 19.6. The zero-order valence-electron chi connectivity index (χ0n) is 18.5. The molecule has 32 heavy (non-hydrogen) atoms. The number of Topliss-reactive ketones (excluding diaryl/α,β-unsaturated/α-hetero) is 1. The van der Waals surface area contributed by atoms with Gasteiger partial charge in [-0.1, -0.05) is 0 Å². The lowest BCUT2D eigenvalue weighted by Crippen LogP contribution is -2.47. The van der Waals surface area contributed by atoms with Crippen LogP contribution in [0.4, 0.5) is 10.1 Å². The van der Waals surface area contributed by atoms with Crippen molar-refractivity contribution in [3.8, 4) is 0 Å². The summed E-state index contributed by atoms with van der Waals surface area (Å²) in [7, 11) is 1.52. The average Bonchev–Trinajstić information content (AvgIpc) is 2.96. The molecule has 0 radical (unpaired) electrons. The number of amides is 2. The molecule has 9 nitrogen and oxygen atoms in total. The van der Waals surface area contributed by atoms with Crippen molar-refractivity contribution < 1.29 is 33.4 Å². The highest BCUT2D eigenvalue weighted by atomic mass is 19.1. The van der Waals surface area contributed by atoms with E-state index in [0.29, 0.717) is 16.9 Å². The molecule has 0 aliphatic rings. The van der Waals surface area contributed by atoms with E-state index in [2.05, 4.69) is 10.6 Å². The highest BCUT2D eigenvalue weighted by Gasteiger charge is 2.31. The van der Waals surface area contributed by atoms with Gasteiger partial charge in [0, 0.05) is 18.4 Å². The van der Waals surface area contributed by atoms with E-state index in [1.807, 2.05) is 0 Å². The molecule has 0 saturated carbocycles. The Hall–Kier alpha value is -3.53. The first-order chi connectivity index (χ1) is 15.0. The molecule has 1 aromatic carbocycles. The lowest BCUT2D eigenvalue weighted by atomic mass is 10.1. The largest absolute Gasteiger partial charge is 0.464 e. The van der Waals surface area contributed by atoms with Gasteiger partial charge >= 0.3 is 5.97 Å². The number of benzene rings is 1. The first-order valence-corrected chi connectivity index (χ1v) is 9.89. The second-order valence-electron chi connectivity index (χ2n) is 7.20. The van der Waals surface area contributed by atoms with E-state index < -0.39 is 42.0 Å². The average molecular weight is 447 g/mol. The highest BCUT2D eigenvalue weighted by molar-refractivity contribution is 6.43. The molecule has 3 N–H and O–H groups in total. The van der Waals surface area contributed by atoms with Crippen LogP contribution in [-0.2, 0) is 21.4 Å². The summed E-state index contributed by atoms with van der Waals surface area (Å²) in [4.78, 5) is 49.9. The highest BCUT2D eigenvalue weighted by Crippen LogP contribution is 2.24. The number of ether oxygens (including phenoxy) is 1. The predicted molar refractivity (Wildman–Crippen MR) is 114 cm³/mol. The Morgan fingerprint density at radius 2 is 1.84 bits per heavy atom. The van der Waals surface area contributed by atoms with Crippen molar-refractivity contribution in [2.75, 3.05) is 18.5 Å². The second-order valence-corrected chi connectivity index (χ2v) is 7.20. The van der Waals surface area contributed by atoms with Crippen LogP contribution in [0.25, 0.3) is 0 Å². The predicted octanol–water partition coefficient (Wildman–Crippen LogP) is 1.56. The summed E-state index contributed by atoms with van der Waals surface area (Å²) in [5, 5.41) is 14.1. The Balaban J connectivity index is 2.30. The smallest absolute Gasteiger partial charge is 0.331 e. The molecule has 1 aromatic heterocycles. The van der Waals surface area contributed by atoms with Gasteiger partial charge in [-0.3, -0.25) is 14.4 Å². The normalized spacial score (nSPS) is 11.6. The van der Waals surface area contributed by atoms with Gasteiger partial charge in [0.1, 0.15) is 5.82 Å². The molecule has 1 atom stereocenters. The van der Waals surface area contributed by atoms with E-state index in [0.717, 1.165) is 0 Å². The number of nitrogens with zero attached hydrogens (tertiary/aromatic N) is 1. The molecule has 0 unspecified atom stereocenters. The second kappa shape index (κ2) is 10.2. The molecule has 172 valence electrons. The SMILES string of the molecule is CCOC(=O)[C@@H](CO)NC(=O)C(=O)c1c(C)c(C(=O)Nc2ccc(F)c(C)c2)c(C)n1C. The fraction of sp³-hybridized carbons (Fsp3) is 0.364. The molecule has 2 rings (SSSR count). The zero-order chi connectivity index (χ0) is 24.2. The van der Waals surface area contributed by atoms with Gasteiger partial charge in [-0.2, -0.15) is 0 Å². The summed E-state index contributed by atoms with van der Waals surface area (Å²) >= 11 is 0. The maximum Gasteiger partial charge on any atom is 0.331 e. The molecule has 10 heteroatoms. The lowest BCUT2D eigenvalue weighted by molar-refractivity contribution is -0.148. The van der Waals surface area contributed by atoms with Gasteiger partial charge in [-0.15, -0.1) is 0 Å². The quantitative estimate of drug-likeness (QED) is 0.320. The van der Waals surface area contributed by atoms with Crippen LogP contribution in [0.5, 0.6) is 0 Å². The summed E-state index contributed by atoms with van der Waals surface area (Å²) in [6, 6.07) is 2.73. The van der Waals surface area contributed by atoms with E-state index in [-0.39, 0.29) is 23.4 Å². The van der Waals surface area contributed by atoms with Crippen molar-refractivity contribution in [2.24, 2.45) is 7.05 Å².